The molecule has 3 rings (SSSR count). The topological polar surface area (TPSA) is 43.6 Å². The predicted molar refractivity (Wildman–Crippen MR) is 106 cm³/mol. The van der Waals surface area contributed by atoms with Gasteiger partial charge in [0.15, 0.2) is 4.80 Å². The monoisotopic (exact) mass is 384 g/mol. The number of carbonyl (C=O) groups is 1. The van der Waals surface area contributed by atoms with E-state index in [1.165, 1.54) is 11.3 Å². The molecule has 1 aromatic heterocycles. The van der Waals surface area contributed by atoms with Gasteiger partial charge in [-0.2, -0.15) is 4.99 Å². The molecule has 0 aliphatic carbocycles. The quantitative estimate of drug-likeness (QED) is 0.621. The molecule has 132 valence electrons. The minimum atomic E-state index is -0.329. The van der Waals surface area contributed by atoms with E-state index in [0.717, 1.165) is 16.0 Å². The summed E-state index contributed by atoms with van der Waals surface area (Å²) in [5, 5.41) is 0.630. The van der Waals surface area contributed by atoms with Gasteiger partial charge in [0.05, 0.1) is 22.9 Å². The standard InChI is InChI=1S/C20H17ClN2O2S/c1-4-11-23-17-10-7-15(21)12-18(17)26-20(23)22-19(24)14-5-8-16(9-6-14)25-13(2)3/h1,5-10,12-13H,11H2,2-3H3. The Morgan fingerprint density at radius 1 is 1.31 bits per heavy atom. The Balaban J connectivity index is 1.99. The average molecular weight is 385 g/mol. The fraction of sp³-hybridized carbons (Fsp3) is 0.200. The first-order valence-corrected chi connectivity index (χ1v) is 9.25. The lowest BCUT2D eigenvalue weighted by Gasteiger charge is -2.09. The highest BCUT2D eigenvalue weighted by atomic mass is 35.5. The Morgan fingerprint density at radius 2 is 2.04 bits per heavy atom. The van der Waals surface area contributed by atoms with Gasteiger partial charge >= 0.3 is 0 Å². The Labute approximate surface area is 160 Å². The summed E-state index contributed by atoms with van der Waals surface area (Å²) in [6, 6.07) is 12.5. The van der Waals surface area contributed by atoms with Crippen molar-refractivity contribution in [1.82, 2.24) is 4.57 Å². The van der Waals surface area contributed by atoms with Crippen LogP contribution in [-0.2, 0) is 6.54 Å². The van der Waals surface area contributed by atoms with E-state index in [0.29, 0.717) is 21.9 Å². The minimum Gasteiger partial charge on any atom is -0.491 e. The number of hydrogen-bond acceptors (Lipinski definition) is 3. The van der Waals surface area contributed by atoms with Crippen molar-refractivity contribution in [2.24, 2.45) is 4.99 Å². The van der Waals surface area contributed by atoms with E-state index in [1.54, 1.807) is 30.3 Å². The summed E-state index contributed by atoms with van der Waals surface area (Å²) in [5.41, 5.74) is 1.40. The molecule has 0 atom stereocenters. The number of thiazole rings is 1. The van der Waals surface area contributed by atoms with E-state index < -0.39 is 0 Å². The summed E-state index contributed by atoms with van der Waals surface area (Å²) in [6.07, 6.45) is 5.55. The number of ether oxygens (including phenoxy) is 1. The van der Waals surface area contributed by atoms with Gasteiger partial charge in [0.1, 0.15) is 5.75 Å². The normalized spacial score (nSPS) is 11.7. The number of nitrogens with zero attached hydrogens (tertiary/aromatic N) is 2. The summed E-state index contributed by atoms with van der Waals surface area (Å²) >= 11 is 7.44. The zero-order chi connectivity index (χ0) is 18.7. The number of terminal acetylenes is 1. The number of fused-ring (bicyclic) bond motifs is 1. The minimum absolute atomic E-state index is 0.0781. The number of rotatable bonds is 4. The van der Waals surface area contributed by atoms with Crippen LogP contribution in [0.1, 0.15) is 24.2 Å². The van der Waals surface area contributed by atoms with E-state index in [2.05, 4.69) is 10.9 Å². The van der Waals surface area contributed by atoms with Crippen molar-refractivity contribution in [3.63, 3.8) is 0 Å². The molecule has 0 N–H and O–H groups in total. The van der Waals surface area contributed by atoms with Gasteiger partial charge in [0.25, 0.3) is 5.91 Å². The highest BCUT2D eigenvalue weighted by Crippen LogP contribution is 2.22. The van der Waals surface area contributed by atoms with Crippen LogP contribution in [0.15, 0.2) is 47.5 Å². The van der Waals surface area contributed by atoms with Crippen molar-refractivity contribution >= 4 is 39.1 Å². The largest absolute Gasteiger partial charge is 0.491 e. The first-order chi connectivity index (χ1) is 12.5. The van der Waals surface area contributed by atoms with Crippen LogP contribution in [0.2, 0.25) is 5.02 Å². The Hall–Kier alpha value is -2.55. The number of benzene rings is 2. The summed E-state index contributed by atoms with van der Waals surface area (Å²) < 4.78 is 8.36. The molecule has 6 heteroatoms. The van der Waals surface area contributed by atoms with Crippen LogP contribution in [0.25, 0.3) is 10.2 Å². The first kappa shape index (κ1) is 18.2. The van der Waals surface area contributed by atoms with Gasteiger partial charge in [-0.1, -0.05) is 28.9 Å². The molecule has 0 radical (unpaired) electrons. The highest BCUT2D eigenvalue weighted by molar-refractivity contribution is 7.16. The lowest BCUT2D eigenvalue weighted by Crippen LogP contribution is -2.16. The van der Waals surface area contributed by atoms with E-state index in [-0.39, 0.29) is 12.0 Å². The Morgan fingerprint density at radius 3 is 2.69 bits per heavy atom. The molecule has 0 spiro atoms. The zero-order valence-corrected chi connectivity index (χ0v) is 16.0. The molecule has 26 heavy (non-hydrogen) atoms. The molecule has 0 aliphatic rings. The molecule has 1 heterocycles. The number of carbonyl (C=O) groups excluding carboxylic acids is 1. The van der Waals surface area contributed by atoms with Crippen LogP contribution >= 0.6 is 22.9 Å². The first-order valence-electron chi connectivity index (χ1n) is 8.06. The molecule has 0 unspecified atom stereocenters. The second-order valence-electron chi connectivity index (χ2n) is 5.89. The van der Waals surface area contributed by atoms with Gasteiger partial charge < -0.3 is 9.30 Å². The van der Waals surface area contributed by atoms with Gasteiger partial charge in [0.2, 0.25) is 0 Å². The summed E-state index contributed by atoms with van der Waals surface area (Å²) in [5.74, 6) is 2.99. The molecule has 0 bridgehead atoms. The van der Waals surface area contributed by atoms with Crippen LogP contribution < -0.4 is 9.54 Å². The van der Waals surface area contributed by atoms with Crippen molar-refractivity contribution in [3.05, 3.63) is 57.9 Å². The maximum atomic E-state index is 12.6. The Kier molecular flexibility index (Phi) is 5.46. The van der Waals surface area contributed by atoms with Crippen molar-refractivity contribution in [1.29, 1.82) is 0 Å². The lowest BCUT2D eigenvalue weighted by molar-refractivity contribution is 0.0998. The molecule has 3 aromatic rings. The van der Waals surface area contributed by atoms with Gasteiger partial charge in [-0.15, -0.1) is 6.42 Å². The molecule has 0 aliphatic heterocycles. The summed E-state index contributed by atoms with van der Waals surface area (Å²) in [4.78, 5) is 17.4. The maximum absolute atomic E-state index is 12.6. The van der Waals surface area contributed by atoms with Crippen molar-refractivity contribution < 1.29 is 9.53 Å². The molecule has 0 saturated heterocycles. The van der Waals surface area contributed by atoms with Gasteiger partial charge in [-0.25, -0.2) is 0 Å². The van der Waals surface area contributed by atoms with Crippen molar-refractivity contribution in [3.8, 4) is 18.1 Å². The third kappa shape index (κ3) is 3.98. The number of amides is 1. The number of aromatic nitrogens is 1. The van der Waals surface area contributed by atoms with Gasteiger partial charge in [-0.3, -0.25) is 4.79 Å². The van der Waals surface area contributed by atoms with E-state index in [1.807, 2.05) is 30.5 Å². The fourth-order valence-electron chi connectivity index (χ4n) is 2.48. The molecular weight excluding hydrogens is 368 g/mol. The SMILES string of the molecule is C#CCn1c(=NC(=O)c2ccc(OC(C)C)cc2)sc2cc(Cl)ccc21. The second-order valence-corrected chi connectivity index (χ2v) is 7.34. The molecule has 1 amide bonds. The molecule has 0 fully saturated rings. The smallest absolute Gasteiger partial charge is 0.279 e. The second kappa shape index (κ2) is 7.77. The van der Waals surface area contributed by atoms with Crippen LogP contribution in [0, 0.1) is 12.3 Å². The number of hydrogen-bond donors (Lipinski definition) is 0. The fourth-order valence-corrected chi connectivity index (χ4v) is 3.78. The van der Waals surface area contributed by atoms with Crippen molar-refractivity contribution in [2.45, 2.75) is 26.5 Å². The zero-order valence-electron chi connectivity index (χ0n) is 14.4. The molecule has 4 nitrogen and oxygen atoms in total. The Bertz CT molecular complexity index is 1060. The summed E-state index contributed by atoms with van der Waals surface area (Å²) in [7, 11) is 0. The van der Waals surface area contributed by atoms with Crippen LogP contribution in [0.4, 0.5) is 0 Å². The van der Waals surface area contributed by atoms with Crippen molar-refractivity contribution in [2.75, 3.05) is 0 Å². The number of halogens is 1. The van der Waals surface area contributed by atoms with Crippen LogP contribution in [0.5, 0.6) is 5.75 Å². The predicted octanol–water partition coefficient (Wildman–Crippen LogP) is 4.52. The maximum Gasteiger partial charge on any atom is 0.279 e. The lowest BCUT2D eigenvalue weighted by atomic mass is 10.2. The van der Waals surface area contributed by atoms with E-state index in [9.17, 15) is 4.79 Å². The average Bonchev–Trinajstić information content (AvgIpc) is 2.91. The molecular formula is C20H17ClN2O2S. The van der Waals surface area contributed by atoms with Gasteiger partial charge in [-0.05, 0) is 56.3 Å². The molecule has 0 saturated carbocycles. The summed E-state index contributed by atoms with van der Waals surface area (Å²) in [6.45, 7) is 4.23. The van der Waals surface area contributed by atoms with Gasteiger partial charge in [0, 0.05) is 10.6 Å². The van der Waals surface area contributed by atoms with Crippen LogP contribution in [0.3, 0.4) is 0 Å². The highest BCUT2D eigenvalue weighted by Gasteiger charge is 2.10. The van der Waals surface area contributed by atoms with E-state index in [4.69, 9.17) is 22.8 Å². The third-order valence-corrected chi connectivity index (χ3v) is 4.84. The van der Waals surface area contributed by atoms with E-state index >= 15 is 0 Å². The molecule has 2 aromatic carbocycles. The van der Waals surface area contributed by atoms with Crippen LogP contribution in [-0.4, -0.2) is 16.6 Å². The third-order valence-electron chi connectivity index (χ3n) is 3.56.